The lowest BCUT2D eigenvalue weighted by atomic mass is 10.4. The van der Waals surface area contributed by atoms with Crippen LogP contribution in [0.2, 0.25) is 0 Å². The number of sulfonamides is 1. The average Bonchev–Trinajstić information content (AvgIpc) is 2.16. The number of rotatable bonds is 4. The maximum Gasteiger partial charge on any atom is 0.240 e. The first-order valence-corrected chi connectivity index (χ1v) is 5.31. The van der Waals surface area contributed by atoms with Crippen molar-refractivity contribution in [2.75, 3.05) is 6.54 Å². The zero-order chi connectivity index (χ0) is 9.73. The van der Waals surface area contributed by atoms with Crippen molar-refractivity contribution in [3.8, 4) is 0 Å². The van der Waals surface area contributed by atoms with Crippen molar-refractivity contribution in [3.05, 3.63) is 43.0 Å². The van der Waals surface area contributed by atoms with Gasteiger partial charge < -0.3 is 0 Å². The van der Waals surface area contributed by atoms with E-state index in [4.69, 9.17) is 0 Å². The molecule has 1 aromatic rings. The summed E-state index contributed by atoms with van der Waals surface area (Å²) in [6.45, 7) is 3.68. The molecular weight excluding hydrogens is 186 g/mol. The molecule has 0 radical (unpaired) electrons. The molecule has 0 aromatic heterocycles. The highest BCUT2D eigenvalue weighted by atomic mass is 32.2. The summed E-state index contributed by atoms with van der Waals surface area (Å²) >= 11 is 0. The van der Waals surface area contributed by atoms with Gasteiger partial charge in [0.15, 0.2) is 0 Å². The Morgan fingerprint density at radius 3 is 2.46 bits per heavy atom. The summed E-state index contributed by atoms with van der Waals surface area (Å²) in [5.74, 6) is 0. The van der Waals surface area contributed by atoms with Crippen LogP contribution in [0.1, 0.15) is 0 Å². The van der Waals surface area contributed by atoms with Crippen LogP contribution in [-0.2, 0) is 10.0 Å². The third-order valence-electron chi connectivity index (χ3n) is 1.47. The molecule has 0 amide bonds. The molecule has 13 heavy (non-hydrogen) atoms. The Bertz CT molecular complexity index is 370. The molecule has 0 spiro atoms. The minimum absolute atomic E-state index is 0.247. The standard InChI is InChI=1S/C9H11NO2S/c1-2-8-10-13(11,12)9-6-4-3-5-7-9/h2-7,10H,1,8H2. The molecule has 70 valence electrons. The van der Waals surface area contributed by atoms with Gasteiger partial charge in [0, 0.05) is 6.54 Å². The topological polar surface area (TPSA) is 46.2 Å². The zero-order valence-electron chi connectivity index (χ0n) is 7.10. The molecule has 1 N–H and O–H groups in total. The zero-order valence-corrected chi connectivity index (χ0v) is 7.92. The minimum atomic E-state index is -3.34. The number of benzene rings is 1. The SMILES string of the molecule is C=CCNS(=O)(=O)c1ccccc1. The number of nitrogens with one attached hydrogen (secondary N) is 1. The third-order valence-corrected chi connectivity index (χ3v) is 2.91. The lowest BCUT2D eigenvalue weighted by Crippen LogP contribution is -2.23. The maximum atomic E-state index is 11.4. The molecule has 0 saturated carbocycles. The van der Waals surface area contributed by atoms with E-state index in [-0.39, 0.29) is 11.4 Å². The fourth-order valence-electron chi connectivity index (χ4n) is 0.852. The predicted molar refractivity (Wildman–Crippen MR) is 51.8 cm³/mol. The maximum absolute atomic E-state index is 11.4. The Morgan fingerprint density at radius 2 is 1.92 bits per heavy atom. The largest absolute Gasteiger partial charge is 0.240 e. The molecule has 0 aliphatic heterocycles. The van der Waals surface area contributed by atoms with E-state index in [1.807, 2.05) is 0 Å². The minimum Gasteiger partial charge on any atom is -0.207 e. The van der Waals surface area contributed by atoms with Gasteiger partial charge in [-0.25, -0.2) is 13.1 Å². The molecule has 0 fully saturated rings. The fraction of sp³-hybridized carbons (Fsp3) is 0.111. The van der Waals surface area contributed by atoms with Crippen molar-refractivity contribution in [3.63, 3.8) is 0 Å². The van der Waals surface area contributed by atoms with Gasteiger partial charge in [-0.15, -0.1) is 6.58 Å². The molecule has 0 heterocycles. The first-order valence-electron chi connectivity index (χ1n) is 3.82. The van der Waals surface area contributed by atoms with E-state index < -0.39 is 10.0 Å². The van der Waals surface area contributed by atoms with E-state index in [9.17, 15) is 8.42 Å². The molecule has 0 aliphatic rings. The van der Waals surface area contributed by atoms with Crippen LogP contribution in [-0.4, -0.2) is 15.0 Å². The van der Waals surface area contributed by atoms with Crippen LogP contribution < -0.4 is 4.72 Å². The Balaban J connectivity index is 2.88. The van der Waals surface area contributed by atoms with E-state index in [0.29, 0.717) is 0 Å². The van der Waals surface area contributed by atoms with Crippen molar-refractivity contribution in [2.24, 2.45) is 0 Å². The quantitative estimate of drug-likeness (QED) is 0.736. The van der Waals surface area contributed by atoms with Gasteiger partial charge in [0.05, 0.1) is 4.90 Å². The summed E-state index contributed by atoms with van der Waals surface area (Å²) in [5, 5.41) is 0. The first kappa shape index (κ1) is 9.95. The van der Waals surface area contributed by atoms with Crippen molar-refractivity contribution in [1.29, 1.82) is 0 Å². The van der Waals surface area contributed by atoms with E-state index in [0.717, 1.165) is 0 Å². The van der Waals surface area contributed by atoms with Crippen LogP contribution in [0, 0.1) is 0 Å². The smallest absolute Gasteiger partial charge is 0.207 e. The van der Waals surface area contributed by atoms with Crippen molar-refractivity contribution >= 4 is 10.0 Å². The summed E-state index contributed by atoms with van der Waals surface area (Å²) in [6.07, 6.45) is 1.50. The number of hydrogen-bond donors (Lipinski definition) is 1. The predicted octanol–water partition coefficient (Wildman–Crippen LogP) is 1.15. The van der Waals surface area contributed by atoms with E-state index >= 15 is 0 Å². The molecule has 0 saturated heterocycles. The summed E-state index contributed by atoms with van der Waals surface area (Å²) in [4.78, 5) is 0.275. The van der Waals surface area contributed by atoms with Gasteiger partial charge in [-0.2, -0.15) is 0 Å². The van der Waals surface area contributed by atoms with E-state index in [1.54, 1.807) is 30.3 Å². The molecule has 4 heteroatoms. The Labute approximate surface area is 78.1 Å². The van der Waals surface area contributed by atoms with Crippen molar-refractivity contribution < 1.29 is 8.42 Å². The monoisotopic (exact) mass is 197 g/mol. The van der Waals surface area contributed by atoms with Gasteiger partial charge in [-0.3, -0.25) is 0 Å². The van der Waals surface area contributed by atoms with Crippen molar-refractivity contribution in [2.45, 2.75) is 4.90 Å². The summed E-state index contributed by atoms with van der Waals surface area (Å²) in [7, 11) is -3.34. The van der Waals surface area contributed by atoms with Crippen LogP contribution in [0.5, 0.6) is 0 Å². The van der Waals surface area contributed by atoms with Gasteiger partial charge in [0.2, 0.25) is 10.0 Å². The van der Waals surface area contributed by atoms with Gasteiger partial charge in [0.1, 0.15) is 0 Å². The molecule has 0 atom stereocenters. The molecule has 0 aliphatic carbocycles. The van der Waals surface area contributed by atoms with Gasteiger partial charge in [0.25, 0.3) is 0 Å². The van der Waals surface area contributed by atoms with E-state index in [1.165, 1.54) is 6.08 Å². The third kappa shape index (κ3) is 2.68. The van der Waals surface area contributed by atoms with Gasteiger partial charge in [-0.05, 0) is 12.1 Å². The van der Waals surface area contributed by atoms with Crippen LogP contribution in [0.3, 0.4) is 0 Å². The van der Waals surface area contributed by atoms with Gasteiger partial charge >= 0.3 is 0 Å². The fourth-order valence-corrected chi connectivity index (χ4v) is 1.87. The lowest BCUT2D eigenvalue weighted by molar-refractivity contribution is 0.585. The van der Waals surface area contributed by atoms with Crippen molar-refractivity contribution in [1.82, 2.24) is 4.72 Å². The second kappa shape index (κ2) is 4.20. The normalized spacial score (nSPS) is 11.1. The Hall–Kier alpha value is -1.13. The van der Waals surface area contributed by atoms with Crippen LogP contribution in [0.25, 0.3) is 0 Å². The Kier molecular flexibility index (Phi) is 3.22. The molecule has 1 aromatic carbocycles. The van der Waals surface area contributed by atoms with Gasteiger partial charge in [-0.1, -0.05) is 24.3 Å². The molecule has 3 nitrogen and oxygen atoms in total. The van der Waals surface area contributed by atoms with Crippen LogP contribution in [0.4, 0.5) is 0 Å². The second-order valence-corrected chi connectivity index (χ2v) is 4.22. The second-order valence-electron chi connectivity index (χ2n) is 2.45. The highest BCUT2D eigenvalue weighted by molar-refractivity contribution is 7.89. The average molecular weight is 197 g/mol. The lowest BCUT2D eigenvalue weighted by Gasteiger charge is -2.02. The number of hydrogen-bond acceptors (Lipinski definition) is 2. The van der Waals surface area contributed by atoms with Crippen LogP contribution in [0.15, 0.2) is 47.9 Å². The molecule has 0 unspecified atom stereocenters. The summed E-state index contributed by atoms with van der Waals surface area (Å²) < 4.78 is 25.2. The molecule has 0 bridgehead atoms. The highest BCUT2D eigenvalue weighted by Crippen LogP contribution is 2.06. The molecular formula is C9H11NO2S. The summed E-state index contributed by atoms with van der Waals surface area (Å²) in [6, 6.07) is 8.23. The Morgan fingerprint density at radius 1 is 1.31 bits per heavy atom. The molecule has 1 rings (SSSR count). The van der Waals surface area contributed by atoms with Crippen LogP contribution >= 0.6 is 0 Å². The highest BCUT2D eigenvalue weighted by Gasteiger charge is 2.10. The first-order chi connectivity index (χ1) is 6.17. The summed E-state index contributed by atoms with van der Waals surface area (Å²) in [5.41, 5.74) is 0. The van der Waals surface area contributed by atoms with E-state index in [2.05, 4.69) is 11.3 Å².